The normalized spacial score (nSPS) is 21.6. The predicted molar refractivity (Wildman–Crippen MR) is 81.4 cm³/mol. The number of carbonyl (C=O) groups excluding carboxylic acids is 2. The second-order valence-corrected chi connectivity index (χ2v) is 5.25. The molecule has 2 heterocycles. The quantitative estimate of drug-likeness (QED) is 0.849. The molecule has 7 nitrogen and oxygen atoms in total. The zero-order valence-corrected chi connectivity index (χ0v) is 12.1. The van der Waals surface area contributed by atoms with Gasteiger partial charge in [0.25, 0.3) is 5.91 Å². The minimum absolute atomic E-state index is 0.145. The first-order valence-electron chi connectivity index (χ1n) is 7.25. The summed E-state index contributed by atoms with van der Waals surface area (Å²) in [6, 6.07) is 8.63. The van der Waals surface area contributed by atoms with E-state index in [4.69, 9.17) is 10.5 Å². The molecule has 1 saturated heterocycles. The highest BCUT2D eigenvalue weighted by atomic mass is 16.5. The van der Waals surface area contributed by atoms with E-state index in [1.165, 1.54) is 5.01 Å². The van der Waals surface area contributed by atoms with Gasteiger partial charge in [-0.05, 0) is 12.1 Å². The molecular formula is C15H18N4O3. The van der Waals surface area contributed by atoms with Crippen molar-refractivity contribution in [3.63, 3.8) is 0 Å². The van der Waals surface area contributed by atoms with Gasteiger partial charge in [-0.15, -0.1) is 0 Å². The highest BCUT2D eigenvalue weighted by Gasteiger charge is 2.36. The van der Waals surface area contributed by atoms with Crippen molar-refractivity contribution >= 4 is 23.2 Å². The van der Waals surface area contributed by atoms with Crippen molar-refractivity contribution in [3.8, 4) is 0 Å². The van der Waals surface area contributed by atoms with E-state index >= 15 is 0 Å². The molecule has 116 valence electrons. The first kappa shape index (κ1) is 14.5. The van der Waals surface area contributed by atoms with E-state index in [0.29, 0.717) is 32.0 Å². The van der Waals surface area contributed by atoms with Crippen LogP contribution in [-0.4, -0.2) is 54.8 Å². The Labute approximate surface area is 128 Å². The SMILES string of the molecule is NC(=O)C1CC(C(=O)N2CCOCC2)=NN1c1ccccc1. The summed E-state index contributed by atoms with van der Waals surface area (Å²) >= 11 is 0. The molecule has 0 aromatic heterocycles. The molecule has 0 aliphatic carbocycles. The van der Waals surface area contributed by atoms with Crippen LogP contribution in [0, 0.1) is 0 Å². The number of amides is 2. The third-order valence-electron chi connectivity index (χ3n) is 3.80. The summed E-state index contributed by atoms with van der Waals surface area (Å²) in [6.45, 7) is 2.15. The smallest absolute Gasteiger partial charge is 0.270 e. The molecule has 1 unspecified atom stereocenters. The van der Waals surface area contributed by atoms with E-state index in [9.17, 15) is 9.59 Å². The largest absolute Gasteiger partial charge is 0.378 e. The fraction of sp³-hybridized carbons (Fsp3) is 0.400. The highest BCUT2D eigenvalue weighted by Crippen LogP contribution is 2.25. The second-order valence-electron chi connectivity index (χ2n) is 5.25. The van der Waals surface area contributed by atoms with E-state index in [2.05, 4.69) is 5.10 Å². The monoisotopic (exact) mass is 302 g/mol. The van der Waals surface area contributed by atoms with Crippen LogP contribution in [0.3, 0.4) is 0 Å². The minimum Gasteiger partial charge on any atom is -0.378 e. The summed E-state index contributed by atoms with van der Waals surface area (Å²) < 4.78 is 5.24. The molecule has 0 bridgehead atoms. The van der Waals surface area contributed by atoms with Gasteiger partial charge < -0.3 is 15.4 Å². The molecule has 3 rings (SSSR count). The van der Waals surface area contributed by atoms with Gasteiger partial charge in [-0.3, -0.25) is 14.6 Å². The van der Waals surface area contributed by atoms with Crippen molar-refractivity contribution in [1.82, 2.24) is 4.90 Å². The zero-order chi connectivity index (χ0) is 15.5. The van der Waals surface area contributed by atoms with E-state index in [1.807, 2.05) is 30.3 Å². The molecule has 1 aromatic rings. The number of rotatable bonds is 3. The molecule has 2 N–H and O–H groups in total. The standard InChI is InChI=1S/C15H18N4O3/c16-14(20)13-10-12(15(21)18-6-8-22-9-7-18)17-19(13)11-4-2-1-3-5-11/h1-5,13H,6-10H2,(H2,16,20). The van der Waals surface area contributed by atoms with Gasteiger partial charge in [-0.2, -0.15) is 5.10 Å². The lowest BCUT2D eigenvalue weighted by molar-refractivity contribution is -0.128. The summed E-state index contributed by atoms with van der Waals surface area (Å²) in [7, 11) is 0. The van der Waals surface area contributed by atoms with E-state index in [0.717, 1.165) is 5.69 Å². The third kappa shape index (κ3) is 2.80. The van der Waals surface area contributed by atoms with Gasteiger partial charge in [0.15, 0.2) is 0 Å². The van der Waals surface area contributed by atoms with Crippen LogP contribution in [0.25, 0.3) is 0 Å². The number of hydrogen-bond acceptors (Lipinski definition) is 5. The van der Waals surface area contributed by atoms with Crippen molar-refractivity contribution < 1.29 is 14.3 Å². The molecule has 2 aliphatic rings. The Hall–Kier alpha value is -2.41. The minimum atomic E-state index is -0.623. The number of nitrogens with zero attached hydrogens (tertiary/aromatic N) is 3. The Morgan fingerprint density at radius 2 is 1.86 bits per heavy atom. The molecule has 2 aliphatic heterocycles. The molecule has 0 spiro atoms. The lowest BCUT2D eigenvalue weighted by Crippen LogP contribution is -2.44. The number of carbonyl (C=O) groups is 2. The van der Waals surface area contributed by atoms with Crippen LogP contribution < -0.4 is 10.7 Å². The molecule has 1 aromatic carbocycles. The van der Waals surface area contributed by atoms with Gasteiger partial charge in [-0.1, -0.05) is 18.2 Å². The number of benzene rings is 1. The van der Waals surface area contributed by atoms with Crippen molar-refractivity contribution in [2.45, 2.75) is 12.5 Å². The average Bonchev–Trinajstić information content (AvgIpc) is 3.01. The summed E-state index contributed by atoms with van der Waals surface area (Å²) in [4.78, 5) is 25.9. The molecule has 7 heteroatoms. The van der Waals surface area contributed by atoms with Gasteiger partial charge >= 0.3 is 0 Å². The summed E-state index contributed by atoms with van der Waals surface area (Å²) in [5.41, 5.74) is 6.58. The number of ether oxygens (including phenoxy) is 1. The number of hydrazone groups is 1. The van der Waals surface area contributed by atoms with E-state index in [-0.39, 0.29) is 12.3 Å². The van der Waals surface area contributed by atoms with Crippen LogP contribution >= 0.6 is 0 Å². The Kier molecular flexibility index (Phi) is 4.06. The number of nitrogens with two attached hydrogens (primary N) is 1. The van der Waals surface area contributed by atoms with Gasteiger partial charge in [0.2, 0.25) is 5.91 Å². The van der Waals surface area contributed by atoms with Gasteiger partial charge in [-0.25, -0.2) is 0 Å². The molecule has 2 amide bonds. The molecule has 22 heavy (non-hydrogen) atoms. The van der Waals surface area contributed by atoms with Gasteiger partial charge in [0.05, 0.1) is 18.9 Å². The van der Waals surface area contributed by atoms with Crippen LogP contribution in [0.2, 0.25) is 0 Å². The van der Waals surface area contributed by atoms with Crippen molar-refractivity contribution in [3.05, 3.63) is 30.3 Å². The van der Waals surface area contributed by atoms with Gasteiger partial charge in [0, 0.05) is 19.5 Å². The van der Waals surface area contributed by atoms with Crippen LogP contribution in [0.5, 0.6) is 0 Å². The molecular weight excluding hydrogens is 284 g/mol. The Morgan fingerprint density at radius 1 is 1.18 bits per heavy atom. The summed E-state index contributed by atoms with van der Waals surface area (Å²) in [5, 5.41) is 5.89. The van der Waals surface area contributed by atoms with Gasteiger partial charge in [0.1, 0.15) is 11.8 Å². The topological polar surface area (TPSA) is 88.2 Å². The molecule has 0 radical (unpaired) electrons. The van der Waals surface area contributed by atoms with Crippen LogP contribution in [-0.2, 0) is 14.3 Å². The van der Waals surface area contributed by atoms with E-state index in [1.54, 1.807) is 4.90 Å². The Bertz CT molecular complexity index is 596. The lowest BCUT2D eigenvalue weighted by Gasteiger charge is -2.26. The van der Waals surface area contributed by atoms with Crippen LogP contribution in [0.1, 0.15) is 6.42 Å². The molecule has 1 atom stereocenters. The van der Waals surface area contributed by atoms with E-state index < -0.39 is 11.9 Å². The Balaban J connectivity index is 1.83. The maximum absolute atomic E-state index is 12.5. The maximum atomic E-state index is 12.5. The molecule has 1 fully saturated rings. The van der Waals surface area contributed by atoms with Crippen LogP contribution in [0.15, 0.2) is 35.4 Å². The molecule has 0 saturated carbocycles. The number of hydrogen-bond donors (Lipinski definition) is 1. The van der Waals surface area contributed by atoms with Crippen molar-refractivity contribution in [2.24, 2.45) is 10.8 Å². The third-order valence-corrected chi connectivity index (χ3v) is 3.80. The summed E-state index contributed by atoms with van der Waals surface area (Å²) in [5.74, 6) is -0.634. The average molecular weight is 302 g/mol. The predicted octanol–water partition coefficient (Wildman–Crippen LogP) is -0.0346. The van der Waals surface area contributed by atoms with Crippen molar-refractivity contribution in [1.29, 1.82) is 0 Å². The highest BCUT2D eigenvalue weighted by molar-refractivity contribution is 6.40. The number of para-hydroxylation sites is 1. The maximum Gasteiger partial charge on any atom is 0.270 e. The first-order valence-corrected chi connectivity index (χ1v) is 7.25. The first-order chi connectivity index (χ1) is 10.7. The zero-order valence-electron chi connectivity index (χ0n) is 12.1. The van der Waals surface area contributed by atoms with Crippen molar-refractivity contribution in [2.75, 3.05) is 31.3 Å². The lowest BCUT2D eigenvalue weighted by atomic mass is 10.1. The Morgan fingerprint density at radius 3 is 2.50 bits per heavy atom. The second kappa shape index (κ2) is 6.15. The number of anilines is 1. The summed E-state index contributed by atoms with van der Waals surface area (Å²) in [6.07, 6.45) is 0.237. The fourth-order valence-electron chi connectivity index (χ4n) is 2.63. The number of primary amides is 1. The number of morpholine rings is 1. The van der Waals surface area contributed by atoms with Crippen LogP contribution in [0.4, 0.5) is 5.69 Å². The fourth-order valence-corrected chi connectivity index (χ4v) is 2.63.